The first-order valence-corrected chi connectivity index (χ1v) is 19.3. The molecule has 0 fully saturated rings. The minimum atomic E-state index is 0.613. The molecule has 11 aromatic rings. The van der Waals surface area contributed by atoms with Crippen LogP contribution in [0.2, 0.25) is 0 Å². The normalized spacial score (nSPS) is 11.6. The van der Waals surface area contributed by atoms with Crippen molar-refractivity contribution in [2.24, 2.45) is 0 Å². The van der Waals surface area contributed by atoms with Gasteiger partial charge in [-0.25, -0.2) is 24.9 Å². The fourth-order valence-electron chi connectivity index (χ4n) is 7.60. The van der Waals surface area contributed by atoms with Crippen molar-refractivity contribution in [3.05, 3.63) is 182 Å². The van der Waals surface area contributed by atoms with Crippen LogP contribution in [0.5, 0.6) is 0 Å². The number of benzene rings is 7. The second-order valence-corrected chi connectivity index (χ2v) is 14.8. The molecule has 0 spiro atoms. The summed E-state index contributed by atoms with van der Waals surface area (Å²) in [5.74, 6) is 2.56. The Labute approximate surface area is 326 Å². The van der Waals surface area contributed by atoms with E-state index in [-0.39, 0.29) is 0 Å². The quantitative estimate of drug-likeness (QED) is 0.170. The van der Waals surface area contributed by atoms with E-state index in [2.05, 4.69) is 126 Å². The Bertz CT molecular complexity index is 3170. The lowest BCUT2D eigenvalue weighted by atomic mass is 10.1. The molecule has 7 aromatic carbocycles. The Hall–Kier alpha value is -7.35. The second kappa shape index (κ2) is 13.2. The minimum Gasteiger partial charge on any atom is -0.309 e. The van der Waals surface area contributed by atoms with Gasteiger partial charge in [-0.15, -0.1) is 11.3 Å². The molecule has 0 saturated heterocycles. The molecule has 11 rings (SSSR count). The maximum absolute atomic E-state index is 5.36. The van der Waals surface area contributed by atoms with E-state index in [0.717, 1.165) is 65.8 Å². The topological polar surface area (TPSA) is 69.4 Å². The van der Waals surface area contributed by atoms with Crippen LogP contribution in [0.15, 0.2) is 182 Å². The number of aromatic nitrogens is 6. The number of fused-ring (bicyclic) bond motifs is 6. The average molecular weight is 735 g/mol. The highest BCUT2D eigenvalue weighted by molar-refractivity contribution is 7.26. The van der Waals surface area contributed by atoms with E-state index in [4.69, 9.17) is 24.9 Å². The van der Waals surface area contributed by atoms with Crippen LogP contribution in [0, 0.1) is 0 Å². The number of nitrogens with zero attached hydrogens (tertiary/aromatic N) is 6. The number of para-hydroxylation sites is 2. The fraction of sp³-hybridized carbons (Fsp3) is 0. The van der Waals surface area contributed by atoms with Crippen molar-refractivity contribution in [3.8, 4) is 62.5 Å². The van der Waals surface area contributed by atoms with E-state index in [1.165, 1.54) is 15.5 Å². The predicted octanol–water partition coefficient (Wildman–Crippen LogP) is 12.5. The summed E-state index contributed by atoms with van der Waals surface area (Å²) in [6.07, 6.45) is 0. The average Bonchev–Trinajstić information content (AvgIpc) is 3.82. The fourth-order valence-corrected chi connectivity index (χ4v) is 8.75. The summed E-state index contributed by atoms with van der Waals surface area (Å²) in [5.41, 5.74) is 9.96. The van der Waals surface area contributed by atoms with Crippen molar-refractivity contribution >= 4 is 53.4 Å². The number of thiophene rings is 1. The predicted molar refractivity (Wildman–Crippen MR) is 230 cm³/mol. The first-order valence-electron chi connectivity index (χ1n) is 18.5. The molecule has 0 unspecified atom stereocenters. The molecule has 6 nitrogen and oxygen atoms in total. The molecule has 0 radical (unpaired) electrons. The van der Waals surface area contributed by atoms with Crippen LogP contribution in [-0.2, 0) is 0 Å². The van der Waals surface area contributed by atoms with Crippen LogP contribution in [-0.4, -0.2) is 29.5 Å². The molecule has 56 heavy (non-hydrogen) atoms. The highest BCUT2D eigenvalue weighted by Gasteiger charge is 2.19. The van der Waals surface area contributed by atoms with Gasteiger partial charge in [0.15, 0.2) is 23.3 Å². The standard InChI is InChI=1S/C49H30N6S/c1-4-14-32(15-5-1)46-52-47(33-16-6-2-7-17-33)54-48(53-46)34-26-24-31(25-27-34)43-45-44(39-21-11-13-23-42(39)56-45)51-49(50-43)35-28-29-38-37-20-10-12-22-40(37)55(41(38)30-35)36-18-8-3-9-19-36/h1-30H. The van der Waals surface area contributed by atoms with Gasteiger partial charge in [0.25, 0.3) is 0 Å². The van der Waals surface area contributed by atoms with Gasteiger partial charge in [0.2, 0.25) is 0 Å². The molecular weight excluding hydrogens is 705 g/mol. The SMILES string of the molecule is c1ccc(-c2nc(-c3ccccc3)nc(-c3ccc(-c4nc(-c5ccc6c7ccccc7n(-c7ccccc7)c6c5)nc5c4sc4ccccc45)cc3)n2)cc1. The molecule has 7 heteroatoms. The first-order chi connectivity index (χ1) is 27.7. The van der Waals surface area contributed by atoms with Crippen molar-refractivity contribution in [3.63, 3.8) is 0 Å². The Morgan fingerprint density at radius 2 is 0.857 bits per heavy atom. The van der Waals surface area contributed by atoms with Gasteiger partial charge in [0.1, 0.15) is 0 Å². The summed E-state index contributed by atoms with van der Waals surface area (Å²) in [7, 11) is 0. The van der Waals surface area contributed by atoms with E-state index in [1.807, 2.05) is 60.7 Å². The van der Waals surface area contributed by atoms with E-state index < -0.39 is 0 Å². The largest absolute Gasteiger partial charge is 0.309 e. The van der Waals surface area contributed by atoms with E-state index >= 15 is 0 Å². The summed E-state index contributed by atoms with van der Waals surface area (Å²) in [4.78, 5) is 25.4. The highest BCUT2D eigenvalue weighted by Crippen LogP contribution is 2.41. The first kappa shape index (κ1) is 32.1. The molecule has 0 aliphatic heterocycles. The maximum Gasteiger partial charge on any atom is 0.164 e. The van der Waals surface area contributed by atoms with Gasteiger partial charge in [-0.1, -0.05) is 152 Å². The van der Waals surface area contributed by atoms with Crippen molar-refractivity contribution in [1.82, 2.24) is 29.5 Å². The number of hydrogen-bond acceptors (Lipinski definition) is 6. The van der Waals surface area contributed by atoms with Gasteiger partial charge in [0.05, 0.1) is 26.9 Å². The van der Waals surface area contributed by atoms with Crippen LogP contribution in [0.4, 0.5) is 0 Å². The molecule has 0 N–H and O–H groups in total. The Balaban J connectivity index is 1.07. The van der Waals surface area contributed by atoms with Crippen LogP contribution >= 0.6 is 11.3 Å². The smallest absolute Gasteiger partial charge is 0.164 e. The van der Waals surface area contributed by atoms with E-state index in [1.54, 1.807) is 11.3 Å². The maximum atomic E-state index is 5.36. The van der Waals surface area contributed by atoms with Crippen molar-refractivity contribution in [2.45, 2.75) is 0 Å². The lowest BCUT2D eigenvalue weighted by Gasteiger charge is -2.11. The zero-order valence-electron chi connectivity index (χ0n) is 29.9. The summed E-state index contributed by atoms with van der Waals surface area (Å²) >= 11 is 1.73. The Morgan fingerprint density at radius 3 is 1.54 bits per heavy atom. The van der Waals surface area contributed by atoms with Crippen LogP contribution < -0.4 is 0 Å². The summed E-state index contributed by atoms with van der Waals surface area (Å²) in [6.45, 7) is 0. The lowest BCUT2D eigenvalue weighted by Crippen LogP contribution is -2.00. The van der Waals surface area contributed by atoms with Crippen LogP contribution in [0.25, 0.3) is 105 Å². The van der Waals surface area contributed by atoms with Gasteiger partial charge in [-0.05, 0) is 30.3 Å². The summed E-state index contributed by atoms with van der Waals surface area (Å²) in [6, 6.07) is 62.7. The van der Waals surface area contributed by atoms with Crippen LogP contribution in [0.1, 0.15) is 0 Å². The molecule has 0 aliphatic carbocycles. The van der Waals surface area contributed by atoms with Gasteiger partial charge in [0, 0.05) is 54.4 Å². The molecule has 262 valence electrons. The molecular formula is C49H30N6S. The lowest BCUT2D eigenvalue weighted by molar-refractivity contribution is 1.07. The number of rotatable bonds is 6. The summed E-state index contributed by atoms with van der Waals surface area (Å²) in [5, 5.41) is 3.53. The van der Waals surface area contributed by atoms with Gasteiger partial charge in [-0.2, -0.15) is 0 Å². The van der Waals surface area contributed by atoms with E-state index in [9.17, 15) is 0 Å². The third-order valence-electron chi connectivity index (χ3n) is 10.3. The molecule has 4 heterocycles. The molecule has 0 amide bonds. The van der Waals surface area contributed by atoms with Gasteiger partial charge in [-0.3, -0.25) is 0 Å². The minimum absolute atomic E-state index is 0.613. The second-order valence-electron chi connectivity index (χ2n) is 13.7. The number of hydrogen-bond donors (Lipinski definition) is 0. The van der Waals surface area contributed by atoms with Crippen molar-refractivity contribution in [1.29, 1.82) is 0 Å². The molecule has 4 aromatic heterocycles. The van der Waals surface area contributed by atoms with Crippen LogP contribution in [0.3, 0.4) is 0 Å². The van der Waals surface area contributed by atoms with Gasteiger partial charge < -0.3 is 4.57 Å². The third-order valence-corrected chi connectivity index (χ3v) is 11.4. The highest BCUT2D eigenvalue weighted by atomic mass is 32.1. The van der Waals surface area contributed by atoms with E-state index in [0.29, 0.717) is 23.3 Å². The van der Waals surface area contributed by atoms with Crippen molar-refractivity contribution in [2.75, 3.05) is 0 Å². The summed E-state index contributed by atoms with van der Waals surface area (Å²) < 4.78 is 4.57. The third kappa shape index (κ3) is 5.44. The Kier molecular flexibility index (Phi) is 7.57. The zero-order chi connectivity index (χ0) is 37.0. The Morgan fingerprint density at radius 1 is 0.357 bits per heavy atom. The molecule has 0 aliphatic rings. The van der Waals surface area contributed by atoms with Gasteiger partial charge >= 0.3 is 0 Å². The van der Waals surface area contributed by atoms with Crippen molar-refractivity contribution < 1.29 is 0 Å². The molecule has 0 saturated carbocycles. The monoisotopic (exact) mass is 734 g/mol. The zero-order valence-corrected chi connectivity index (χ0v) is 30.7. The molecule has 0 bridgehead atoms. The molecule has 0 atom stereocenters.